The summed E-state index contributed by atoms with van der Waals surface area (Å²) in [6.45, 7) is 0. The molecule has 0 radical (unpaired) electrons. The molecule has 2 N–H and O–H groups in total. The van der Waals surface area contributed by atoms with Crippen LogP contribution in [0.4, 0.5) is 14.5 Å². The largest absolute Gasteiger partial charge is 0.328 e. The van der Waals surface area contributed by atoms with Crippen LogP contribution in [0.25, 0.3) is 0 Å². The highest BCUT2D eigenvalue weighted by atomic mass is 19.1. The van der Waals surface area contributed by atoms with Crippen LogP contribution in [-0.4, -0.2) is 15.5 Å². The lowest BCUT2D eigenvalue weighted by molar-refractivity contribution is 0.102. The number of hydrogen-bond donors (Lipinski definition) is 2. The summed E-state index contributed by atoms with van der Waals surface area (Å²) in [4.78, 5) is 36.6. The van der Waals surface area contributed by atoms with Gasteiger partial charge in [-0.05, 0) is 12.1 Å². The van der Waals surface area contributed by atoms with Crippen LogP contribution >= 0.6 is 0 Å². The summed E-state index contributed by atoms with van der Waals surface area (Å²) in [6.07, 6.45) is 0. The number of benzene rings is 1. The number of rotatable bonds is 2. The Hall–Kier alpha value is -2.77. The average molecular weight is 281 g/mol. The third-order valence-electron chi connectivity index (χ3n) is 2.57. The van der Waals surface area contributed by atoms with Gasteiger partial charge in [0.15, 0.2) is 0 Å². The van der Waals surface area contributed by atoms with Crippen molar-refractivity contribution in [1.82, 2.24) is 9.55 Å². The number of hydrogen-bond acceptors (Lipinski definition) is 3. The van der Waals surface area contributed by atoms with Crippen LogP contribution in [0.3, 0.4) is 0 Å². The number of anilines is 1. The van der Waals surface area contributed by atoms with Crippen molar-refractivity contribution in [2.24, 2.45) is 7.05 Å². The zero-order chi connectivity index (χ0) is 14.9. The summed E-state index contributed by atoms with van der Waals surface area (Å²) in [5, 5.41) is 2.13. The smallest absolute Gasteiger partial charge is 0.318 e. The van der Waals surface area contributed by atoms with Gasteiger partial charge in [0.05, 0.1) is 5.69 Å². The molecule has 8 heteroatoms. The van der Waals surface area contributed by atoms with Crippen molar-refractivity contribution in [3.05, 3.63) is 62.4 Å². The Morgan fingerprint density at radius 2 is 1.95 bits per heavy atom. The maximum absolute atomic E-state index is 13.4. The fourth-order valence-corrected chi connectivity index (χ4v) is 1.46. The Bertz CT molecular complexity index is 764. The summed E-state index contributed by atoms with van der Waals surface area (Å²) in [5.74, 6) is -2.64. The summed E-state index contributed by atoms with van der Waals surface area (Å²) in [7, 11) is 1.24. The molecule has 0 aliphatic rings. The molecule has 0 fully saturated rings. The fraction of sp³-hybridized carbons (Fsp3) is 0.0833. The molecule has 0 unspecified atom stereocenters. The van der Waals surface area contributed by atoms with Gasteiger partial charge in [0.2, 0.25) is 0 Å². The first-order valence-corrected chi connectivity index (χ1v) is 5.45. The number of amides is 1. The SMILES string of the molecule is Cn1c(=O)cc(C(=O)Nc2ccc(F)cc2F)[nH]c1=O. The van der Waals surface area contributed by atoms with E-state index in [1.165, 1.54) is 7.05 Å². The Morgan fingerprint density at radius 3 is 2.55 bits per heavy atom. The molecule has 1 amide bonds. The number of halogens is 2. The number of nitrogens with one attached hydrogen (secondary N) is 2. The van der Waals surface area contributed by atoms with Gasteiger partial charge in [0, 0.05) is 19.2 Å². The summed E-state index contributed by atoms with van der Waals surface area (Å²) in [6, 6.07) is 3.49. The van der Waals surface area contributed by atoms with E-state index >= 15 is 0 Å². The minimum atomic E-state index is -0.968. The molecule has 6 nitrogen and oxygen atoms in total. The highest BCUT2D eigenvalue weighted by Gasteiger charge is 2.12. The molecular weight excluding hydrogens is 272 g/mol. The normalized spacial score (nSPS) is 10.3. The Morgan fingerprint density at radius 1 is 1.25 bits per heavy atom. The lowest BCUT2D eigenvalue weighted by Crippen LogP contribution is -2.34. The van der Waals surface area contributed by atoms with Crippen LogP contribution in [-0.2, 0) is 7.05 Å². The zero-order valence-corrected chi connectivity index (χ0v) is 10.2. The number of carbonyl (C=O) groups is 1. The molecule has 2 aromatic rings. The van der Waals surface area contributed by atoms with Gasteiger partial charge >= 0.3 is 5.69 Å². The van der Waals surface area contributed by atoms with Gasteiger partial charge in [0.25, 0.3) is 11.5 Å². The molecule has 2 rings (SSSR count). The molecule has 0 saturated carbocycles. The van der Waals surface area contributed by atoms with Crippen LogP contribution in [0.15, 0.2) is 33.9 Å². The molecule has 0 saturated heterocycles. The van der Waals surface area contributed by atoms with E-state index < -0.39 is 28.8 Å². The third kappa shape index (κ3) is 2.63. The summed E-state index contributed by atoms with van der Waals surface area (Å²) >= 11 is 0. The number of aromatic nitrogens is 2. The maximum Gasteiger partial charge on any atom is 0.328 e. The number of carbonyl (C=O) groups excluding carboxylic acids is 1. The van der Waals surface area contributed by atoms with Gasteiger partial charge in [-0.2, -0.15) is 0 Å². The van der Waals surface area contributed by atoms with Crippen LogP contribution < -0.4 is 16.6 Å². The highest BCUT2D eigenvalue weighted by Crippen LogP contribution is 2.15. The summed E-state index contributed by atoms with van der Waals surface area (Å²) in [5.41, 5.74) is -2.04. The first-order valence-electron chi connectivity index (χ1n) is 5.45. The number of aromatic amines is 1. The minimum Gasteiger partial charge on any atom is -0.318 e. The van der Waals surface area contributed by atoms with Crippen LogP contribution in [0.1, 0.15) is 10.5 Å². The van der Waals surface area contributed by atoms with E-state index in [1.54, 1.807) is 0 Å². The van der Waals surface area contributed by atoms with Crippen molar-refractivity contribution in [3.63, 3.8) is 0 Å². The zero-order valence-electron chi connectivity index (χ0n) is 10.2. The lowest BCUT2D eigenvalue weighted by Gasteiger charge is -2.06. The van der Waals surface area contributed by atoms with Crippen molar-refractivity contribution in [3.8, 4) is 0 Å². The molecule has 0 spiro atoms. The van der Waals surface area contributed by atoms with Crippen molar-refractivity contribution in [2.45, 2.75) is 0 Å². The molecule has 20 heavy (non-hydrogen) atoms. The van der Waals surface area contributed by atoms with E-state index in [-0.39, 0.29) is 11.4 Å². The first-order chi connectivity index (χ1) is 9.38. The van der Waals surface area contributed by atoms with Crippen molar-refractivity contribution in [2.75, 3.05) is 5.32 Å². The molecule has 0 atom stereocenters. The van der Waals surface area contributed by atoms with Crippen LogP contribution in [0, 0.1) is 11.6 Å². The summed E-state index contributed by atoms with van der Waals surface area (Å²) < 4.78 is 26.8. The van der Waals surface area contributed by atoms with E-state index in [0.717, 1.165) is 22.8 Å². The third-order valence-corrected chi connectivity index (χ3v) is 2.57. The van der Waals surface area contributed by atoms with E-state index in [4.69, 9.17) is 0 Å². The van der Waals surface area contributed by atoms with Crippen LogP contribution in [0.2, 0.25) is 0 Å². The predicted molar refractivity (Wildman–Crippen MR) is 66.6 cm³/mol. The molecule has 0 aliphatic carbocycles. The van der Waals surface area contributed by atoms with Gasteiger partial charge in [-0.3, -0.25) is 14.2 Å². The standard InChI is InChI=1S/C12H9F2N3O3/c1-17-10(18)5-9(16-12(17)20)11(19)15-8-3-2-6(13)4-7(8)14/h2-5H,1H3,(H,15,19)(H,16,20). The van der Waals surface area contributed by atoms with E-state index in [1.807, 2.05) is 0 Å². The molecule has 1 heterocycles. The van der Waals surface area contributed by atoms with Crippen LogP contribution in [0.5, 0.6) is 0 Å². The lowest BCUT2D eigenvalue weighted by atomic mass is 10.3. The molecule has 1 aromatic carbocycles. The monoisotopic (exact) mass is 281 g/mol. The quantitative estimate of drug-likeness (QED) is 0.845. The second-order valence-corrected chi connectivity index (χ2v) is 3.96. The Balaban J connectivity index is 2.33. The number of nitrogens with zero attached hydrogens (tertiary/aromatic N) is 1. The van der Waals surface area contributed by atoms with Gasteiger partial charge in [0.1, 0.15) is 17.3 Å². The second kappa shape index (κ2) is 5.08. The van der Waals surface area contributed by atoms with E-state index in [2.05, 4.69) is 10.3 Å². The van der Waals surface area contributed by atoms with Crippen molar-refractivity contribution >= 4 is 11.6 Å². The molecule has 104 valence electrons. The molecule has 0 bridgehead atoms. The number of H-pyrrole nitrogens is 1. The maximum atomic E-state index is 13.4. The molecular formula is C12H9F2N3O3. The van der Waals surface area contributed by atoms with Gasteiger partial charge < -0.3 is 10.3 Å². The van der Waals surface area contributed by atoms with E-state index in [9.17, 15) is 23.2 Å². The van der Waals surface area contributed by atoms with Gasteiger partial charge in [-0.25, -0.2) is 13.6 Å². The highest BCUT2D eigenvalue weighted by molar-refractivity contribution is 6.02. The van der Waals surface area contributed by atoms with E-state index in [0.29, 0.717) is 6.07 Å². The molecule has 1 aromatic heterocycles. The van der Waals surface area contributed by atoms with Crippen molar-refractivity contribution in [1.29, 1.82) is 0 Å². The second-order valence-electron chi connectivity index (χ2n) is 3.96. The van der Waals surface area contributed by atoms with Crippen molar-refractivity contribution < 1.29 is 13.6 Å². The average Bonchev–Trinajstić information content (AvgIpc) is 2.38. The Kier molecular flexibility index (Phi) is 3.47. The van der Waals surface area contributed by atoms with Gasteiger partial charge in [-0.15, -0.1) is 0 Å². The topological polar surface area (TPSA) is 84.0 Å². The fourth-order valence-electron chi connectivity index (χ4n) is 1.46. The minimum absolute atomic E-state index is 0.266. The molecule has 0 aliphatic heterocycles. The first kappa shape index (κ1) is 13.7. The Labute approximate surface area is 110 Å². The predicted octanol–water partition coefficient (Wildman–Crippen LogP) is 0.604. The van der Waals surface area contributed by atoms with Gasteiger partial charge in [-0.1, -0.05) is 0 Å².